The largest absolute Gasteiger partial charge is 0.367 e. The van der Waals surface area contributed by atoms with Crippen molar-refractivity contribution >= 4 is 29.3 Å². The summed E-state index contributed by atoms with van der Waals surface area (Å²) in [6, 6.07) is 1.56. The van der Waals surface area contributed by atoms with Crippen LogP contribution in [-0.4, -0.2) is 85.9 Å². The highest BCUT2D eigenvalue weighted by Crippen LogP contribution is 2.46. The van der Waals surface area contributed by atoms with Crippen molar-refractivity contribution in [3.05, 3.63) is 34.9 Å². The molecule has 1 aromatic heterocycles. The maximum atomic E-state index is 15.3. The summed E-state index contributed by atoms with van der Waals surface area (Å²) in [5, 5.41) is 14.7. The number of benzene rings is 1. The zero-order chi connectivity index (χ0) is 26.8. The monoisotopic (exact) mass is 524 g/mol. The van der Waals surface area contributed by atoms with E-state index >= 15 is 4.39 Å². The fraction of sp³-hybridized carbons (Fsp3) is 0.560. The fourth-order valence-corrected chi connectivity index (χ4v) is 6.14. The number of piperidine rings is 1. The minimum absolute atomic E-state index is 0.0265. The van der Waals surface area contributed by atoms with E-state index in [-0.39, 0.29) is 41.2 Å². The van der Waals surface area contributed by atoms with Crippen molar-refractivity contribution in [2.75, 3.05) is 31.1 Å². The first-order chi connectivity index (χ1) is 18.2. The molecule has 4 aliphatic rings. The number of halogens is 1. The van der Waals surface area contributed by atoms with Gasteiger partial charge in [-0.3, -0.25) is 34.3 Å². The number of rotatable bonds is 5. The molecule has 1 N–H and O–H groups in total. The van der Waals surface area contributed by atoms with E-state index in [1.54, 1.807) is 0 Å². The van der Waals surface area contributed by atoms with Crippen LogP contribution in [-0.2, 0) is 15.1 Å². The standard InChI is InChI=1S/C25H29FN8O4/c1-14(2)34-24(28-29-30-34)25(6-3-7-25)32-10-8-31(9-11-32)19-13-16-15(12-17(19)26)22(37)33(23(16)38)18-4-5-20(35)27-21(18)36/h12-14,18H,3-11H2,1-2H3,(H,27,35,36). The number of amides is 4. The number of carbonyl (C=O) groups excluding carboxylic acids is 4. The van der Waals surface area contributed by atoms with Crippen LogP contribution in [0.15, 0.2) is 12.1 Å². The van der Waals surface area contributed by atoms with E-state index in [1.165, 1.54) is 6.07 Å². The third-order valence-corrected chi connectivity index (χ3v) is 8.31. The molecule has 2 saturated heterocycles. The van der Waals surface area contributed by atoms with Gasteiger partial charge in [-0.05, 0) is 62.1 Å². The molecule has 38 heavy (non-hydrogen) atoms. The number of anilines is 1. The fourth-order valence-electron chi connectivity index (χ4n) is 6.14. The van der Waals surface area contributed by atoms with Gasteiger partial charge in [-0.25, -0.2) is 9.07 Å². The highest BCUT2D eigenvalue weighted by atomic mass is 19.1. The normalized spacial score (nSPS) is 23.6. The summed E-state index contributed by atoms with van der Waals surface area (Å²) >= 11 is 0. The Morgan fingerprint density at radius 2 is 1.71 bits per heavy atom. The number of imide groups is 2. The van der Waals surface area contributed by atoms with Gasteiger partial charge in [-0.1, -0.05) is 0 Å². The summed E-state index contributed by atoms with van der Waals surface area (Å²) in [5.74, 6) is -2.22. The molecule has 1 atom stereocenters. The van der Waals surface area contributed by atoms with E-state index in [0.29, 0.717) is 26.2 Å². The van der Waals surface area contributed by atoms with E-state index < -0.39 is 35.5 Å². The smallest absolute Gasteiger partial charge is 0.262 e. The van der Waals surface area contributed by atoms with Crippen LogP contribution in [0.4, 0.5) is 10.1 Å². The van der Waals surface area contributed by atoms with Crippen LogP contribution >= 0.6 is 0 Å². The average Bonchev–Trinajstić information content (AvgIpc) is 3.43. The molecular weight excluding hydrogens is 495 g/mol. The number of aromatic nitrogens is 4. The molecule has 0 radical (unpaired) electrons. The molecule has 3 aliphatic heterocycles. The van der Waals surface area contributed by atoms with Gasteiger partial charge in [-0.15, -0.1) is 5.10 Å². The van der Waals surface area contributed by atoms with Crippen LogP contribution in [0.2, 0.25) is 0 Å². The lowest BCUT2D eigenvalue weighted by Crippen LogP contribution is -2.59. The van der Waals surface area contributed by atoms with E-state index in [4.69, 9.17) is 0 Å². The first-order valence-corrected chi connectivity index (χ1v) is 13.0. The van der Waals surface area contributed by atoms with Crippen LogP contribution in [0.25, 0.3) is 0 Å². The minimum Gasteiger partial charge on any atom is -0.367 e. The van der Waals surface area contributed by atoms with Gasteiger partial charge in [0.25, 0.3) is 11.8 Å². The molecule has 1 saturated carbocycles. The number of nitrogens with zero attached hydrogens (tertiary/aromatic N) is 7. The van der Waals surface area contributed by atoms with Gasteiger partial charge in [0.2, 0.25) is 11.8 Å². The third kappa shape index (κ3) is 3.62. The lowest BCUT2D eigenvalue weighted by molar-refractivity contribution is -0.136. The van der Waals surface area contributed by atoms with Crippen molar-refractivity contribution in [3.8, 4) is 0 Å². The average molecular weight is 525 g/mol. The predicted octanol–water partition coefficient (Wildman–Crippen LogP) is 0.996. The van der Waals surface area contributed by atoms with E-state index in [2.05, 4.69) is 25.7 Å². The molecule has 1 aromatic carbocycles. The highest BCUT2D eigenvalue weighted by Gasteiger charge is 2.49. The molecule has 4 heterocycles. The van der Waals surface area contributed by atoms with Gasteiger partial charge in [0.15, 0.2) is 5.82 Å². The SMILES string of the molecule is CC(C)n1nnnc1C1(N2CCN(c3cc4c(cc3F)C(=O)N(C3CCC(=O)NC3=O)C4=O)CC2)CCC1. The van der Waals surface area contributed by atoms with Gasteiger partial charge >= 0.3 is 0 Å². The van der Waals surface area contributed by atoms with Gasteiger partial charge in [0.1, 0.15) is 11.9 Å². The van der Waals surface area contributed by atoms with Crippen molar-refractivity contribution < 1.29 is 23.6 Å². The molecule has 12 nitrogen and oxygen atoms in total. The van der Waals surface area contributed by atoms with Crippen LogP contribution in [0.1, 0.15) is 78.5 Å². The Balaban J connectivity index is 1.21. The van der Waals surface area contributed by atoms with Crippen LogP contribution < -0.4 is 10.2 Å². The van der Waals surface area contributed by atoms with Crippen LogP contribution in [0.5, 0.6) is 0 Å². The molecular formula is C25H29FN8O4. The summed E-state index contributed by atoms with van der Waals surface area (Å²) in [5.41, 5.74) is 0.0317. The highest BCUT2D eigenvalue weighted by molar-refractivity contribution is 6.23. The second-order valence-electron chi connectivity index (χ2n) is 10.7. The second-order valence-corrected chi connectivity index (χ2v) is 10.7. The number of nitrogens with one attached hydrogen (secondary N) is 1. The summed E-state index contributed by atoms with van der Waals surface area (Å²) in [6.45, 7) is 6.48. The van der Waals surface area contributed by atoms with Crippen LogP contribution in [0, 0.1) is 5.82 Å². The Bertz CT molecular complexity index is 1340. The van der Waals surface area contributed by atoms with Gasteiger partial charge in [0.05, 0.1) is 28.4 Å². The molecule has 3 fully saturated rings. The summed E-state index contributed by atoms with van der Waals surface area (Å²) < 4.78 is 17.2. The van der Waals surface area contributed by atoms with E-state index in [9.17, 15) is 19.2 Å². The van der Waals surface area contributed by atoms with E-state index in [1.807, 2.05) is 23.4 Å². The first-order valence-electron chi connectivity index (χ1n) is 13.0. The zero-order valence-electron chi connectivity index (χ0n) is 21.3. The number of carbonyl (C=O) groups is 4. The summed E-state index contributed by atoms with van der Waals surface area (Å²) in [6.07, 6.45) is 3.08. The van der Waals surface area contributed by atoms with Crippen molar-refractivity contribution in [2.24, 2.45) is 0 Å². The number of tetrazole rings is 1. The van der Waals surface area contributed by atoms with Gasteiger partial charge in [0, 0.05) is 32.6 Å². The summed E-state index contributed by atoms with van der Waals surface area (Å²) in [4.78, 5) is 55.1. The number of piperazine rings is 1. The molecule has 0 spiro atoms. The molecule has 200 valence electrons. The molecule has 1 unspecified atom stereocenters. The lowest BCUT2D eigenvalue weighted by atomic mass is 9.74. The Hall–Kier alpha value is -3.74. The van der Waals surface area contributed by atoms with Crippen molar-refractivity contribution in [3.63, 3.8) is 0 Å². The van der Waals surface area contributed by atoms with E-state index in [0.717, 1.165) is 36.1 Å². The molecule has 0 bridgehead atoms. The molecule has 6 rings (SSSR count). The van der Waals surface area contributed by atoms with Gasteiger partial charge in [-0.2, -0.15) is 0 Å². The molecule has 13 heteroatoms. The Labute approximate surface area is 218 Å². The van der Waals surface area contributed by atoms with Crippen molar-refractivity contribution in [1.29, 1.82) is 0 Å². The lowest BCUT2D eigenvalue weighted by Gasteiger charge is -2.52. The molecule has 4 amide bonds. The topological polar surface area (TPSA) is 134 Å². The number of hydrogen-bond donors (Lipinski definition) is 1. The zero-order valence-corrected chi connectivity index (χ0v) is 21.3. The predicted molar refractivity (Wildman–Crippen MR) is 131 cm³/mol. The van der Waals surface area contributed by atoms with Crippen molar-refractivity contribution in [1.82, 2.24) is 35.3 Å². The second kappa shape index (κ2) is 8.93. The minimum atomic E-state index is -1.09. The van der Waals surface area contributed by atoms with Gasteiger partial charge < -0.3 is 4.90 Å². The maximum Gasteiger partial charge on any atom is 0.262 e. The Kier molecular flexibility index (Phi) is 5.78. The number of hydrogen-bond acceptors (Lipinski definition) is 9. The quantitative estimate of drug-likeness (QED) is 0.569. The van der Waals surface area contributed by atoms with Crippen molar-refractivity contribution in [2.45, 2.75) is 63.6 Å². The maximum absolute atomic E-state index is 15.3. The Morgan fingerprint density at radius 3 is 2.32 bits per heavy atom. The third-order valence-electron chi connectivity index (χ3n) is 8.31. The van der Waals surface area contributed by atoms with Crippen LogP contribution in [0.3, 0.4) is 0 Å². The summed E-state index contributed by atoms with van der Waals surface area (Å²) in [7, 11) is 0. The molecule has 1 aliphatic carbocycles. The number of fused-ring (bicyclic) bond motifs is 1. The Morgan fingerprint density at radius 1 is 1.03 bits per heavy atom. The first kappa shape index (κ1) is 24.6. The molecule has 2 aromatic rings.